The molecule has 1 aromatic rings. The maximum absolute atomic E-state index is 11.9. The van der Waals surface area contributed by atoms with Gasteiger partial charge in [-0.25, -0.2) is 4.79 Å². The molecule has 0 heterocycles. The maximum atomic E-state index is 11.9. The molecule has 25 heavy (non-hydrogen) atoms. The highest BCUT2D eigenvalue weighted by Crippen LogP contribution is 2.47. The monoisotopic (exact) mass is 335 g/mol. The first-order valence-corrected chi connectivity index (χ1v) is 8.76. The van der Waals surface area contributed by atoms with Gasteiger partial charge >= 0.3 is 0 Å². The Labute approximate surface area is 149 Å². The van der Waals surface area contributed by atoms with Crippen LogP contribution < -0.4 is 5.73 Å². The van der Waals surface area contributed by atoms with Gasteiger partial charge in [-0.15, -0.1) is 0 Å². The average Bonchev–Trinajstić information content (AvgIpc) is 2.58. The number of rotatable bonds is 2. The molecule has 3 rings (SSSR count). The lowest BCUT2D eigenvalue weighted by atomic mass is 9.62. The van der Waals surface area contributed by atoms with Gasteiger partial charge in [0.25, 0.3) is 0 Å². The third-order valence-electron chi connectivity index (χ3n) is 5.74. The number of primary amides is 1. The van der Waals surface area contributed by atoms with E-state index in [1.165, 1.54) is 11.1 Å². The van der Waals surface area contributed by atoms with Crippen LogP contribution in [-0.2, 0) is 20.4 Å². The molecule has 2 aliphatic rings. The first-order valence-electron chi connectivity index (χ1n) is 8.76. The summed E-state index contributed by atoms with van der Waals surface area (Å²) in [7, 11) is 0. The topological polar surface area (TPSA) is 60.2 Å². The first-order chi connectivity index (χ1) is 11.7. The van der Waals surface area contributed by atoms with E-state index in [2.05, 4.69) is 45.9 Å². The van der Waals surface area contributed by atoms with Crippen molar-refractivity contribution in [3.63, 3.8) is 0 Å². The van der Waals surface area contributed by atoms with Crippen molar-refractivity contribution < 1.29 is 9.59 Å². The van der Waals surface area contributed by atoms with Crippen molar-refractivity contribution >= 4 is 17.4 Å². The van der Waals surface area contributed by atoms with Crippen LogP contribution in [0.2, 0.25) is 0 Å². The Kier molecular flexibility index (Phi) is 4.09. The predicted octanol–water partition coefficient (Wildman–Crippen LogP) is 3.99. The number of fused-ring (bicyclic) bond motifs is 1. The summed E-state index contributed by atoms with van der Waals surface area (Å²) in [6.07, 6.45) is 5.93. The van der Waals surface area contributed by atoms with Crippen molar-refractivity contribution in [2.24, 2.45) is 5.73 Å². The van der Waals surface area contributed by atoms with E-state index in [0.29, 0.717) is 17.6 Å². The molecule has 0 atom stereocenters. The molecule has 0 spiro atoms. The Morgan fingerprint density at radius 2 is 1.68 bits per heavy atom. The maximum Gasteiger partial charge on any atom is 0.249 e. The number of nitrogens with two attached hydrogens (primary N) is 1. The van der Waals surface area contributed by atoms with E-state index in [4.69, 9.17) is 5.73 Å². The molecule has 0 saturated carbocycles. The van der Waals surface area contributed by atoms with E-state index in [9.17, 15) is 9.59 Å². The van der Waals surface area contributed by atoms with Crippen molar-refractivity contribution in [3.8, 4) is 0 Å². The summed E-state index contributed by atoms with van der Waals surface area (Å²) in [4.78, 5) is 22.9. The van der Waals surface area contributed by atoms with Gasteiger partial charge in [-0.2, -0.15) is 0 Å². The molecule has 3 nitrogen and oxygen atoms in total. The number of carbonyl (C=O) groups excluding carboxylic acids is 2. The van der Waals surface area contributed by atoms with E-state index in [1.807, 2.05) is 5.94 Å². The molecule has 0 bridgehead atoms. The third-order valence-corrected chi connectivity index (χ3v) is 5.74. The van der Waals surface area contributed by atoms with Crippen LogP contribution in [0, 0.1) is 0 Å². The van der Waals surface area contributed by atoms with Crippen LogP contribution in [-0.4, -0.2) is 11.8 Å². The third kappa shape index (κ3) is 3.01. The van der Waals surface area contributed by atoms with E-state index >= 15 is 0 Å². The minimum absolute atomic E-state index is 0.0855. The van der Waals surface area contributed by atoms with Crippen LogP contribution in [0.25, 0.3) is 5.57 Å². The van der Waals surface area contributed by atoms with Crippen LogP contribution in [0.3, 0.4) is 0 Å². The molecular weight excluding hydrogens is 310 g/mol. The second kappa shape index (κ2) is 5.86. The number of hydrogen-bond donors (Lipinski definition) is 1. The molecule has 130 valence electrons. The zero-order valence-corrected chi connectivity index (χ0v) is 15.4. The quantitative estimate of drug-likeness (QED) is 0.831. The van der Waals surface area contributed by atoms with Crippen LogP contribution >= 0.6 is 0 Å². The SMILES string of the molecule is CC1(C)CCC(C)(C)c2cc(C3=C(C(N)=O)C=CC(=C=O)C3)ccc21. The lowest BCUT2D eigenvalue weighted by Gasteiger charge is -2.42. The number of amides is 1. The van der Waals surface area contributed by atoms with Crippen LogP contribution in [0.4, 0.5) is 0 Å². The number of carbonyl (C=O) groups is 1. The average molecular weight is 335 g/mol. The molecule has 1 aromatic carbocycles. The normalized spacial score (nSPS) is 20.9. The molecule has 3 heteroatoms. The molecule has 1 amide bonds. The van der Waals surface area contributed by atoms with Gasteiger partial charge in [0.1, 0.15) is 5.94 Å². The van der Waals surface area contributed by atoms with E-state index < -0.39 is 5.91 Å². The number of benzene rings is 1. The summed E-state index contributed by atoms with van der Waals surface area (Å²) in [5, 5.41) is 0. The van der Waals surface area contributed by atoms with Crippen molar-refractivity contribution in [3.05, 3.63) is 58.2 Å². The van der Waals surface area contributed by atoms with Crippen molar-refractivity contribution in [2.45, 2.75) is 57.8 Å². The predicted molar refractivity (Wildman–Crippen MR) is 101 cm³/mol. The largest absolute Gasteiger partial charge is 0.366 e. The summed E-state index contributed by atoms with van der Waals surface area (Å²) in [5.41, 5.74) is 11.3. The van der Waals surface area contributed by atoms with E-state index in [0.717, 1.165) is 24.0 Å². The smallest absolute Gasteiger partial charge is 0.249 e. The highest BCUT2D eigenvalue weighted by Gasteiger charge is 2.37. The molecule has 2 aliphatic carbocycles. The molecule has 0 aliphatic heterocycles. The van der Waals surface area contributed by atoms with Gasteiger partial charge < -0.3 is 5.73 Å². The summed E-state index contributed by atoms with van der Waals surface area (Å²) in [6, 6.07) is 6.43. The second-order valence-corrected chi connectivity index (χ2v) is 8.42. The Morgan fingerprint density at radius 3 is 2.28 bits per heavy atom. The zero-order valence-electron chi connectivity index (χ0n) is 15.4. The number of hydrogen-bond acceptors (Lipinski definition) is 2. The highest BCUT2D eigenvalue weighted by atomic mass is 16.1. The standard InChI is InChI=1S/C22H25NO2/c1-21(2)9-10-22(3,4)19-12-15(6-8-18(19)21)17-11-14(13-24)5-7-16(17)20(23)25/h5-8,12H,9-11H2,1-4H3,(H2,23,25). The van der Waals surface area contributed by atoms with Gasteiger partial charge in [0.2, 0.25) is 5.91 Å². The molecule has 0 aromatic heterocycles. The van der Waals surface area contributed by atoms with Crippen LogP contribution in [0.15, 0.2) is 41.5 Å². The molecule has 2 N–H and O–H groups in total. The van der Waals surface area contributed by atoms with Crippen molar-refractivity contribution in [2.75, 3.05) is 0 Å². The minimum Gasteiger partial charge on any atom is -0.366 e. The van der Waals surface area contributed by atoms with Crippen molar-refractivity contribution in [1.82, 2.24) is 0 Å². The Hall–Kier alpha value is -2.38. The fraction of sp³-hybridized carbons (Fsp3) is 0.409. The number of allylic oxidation sites excluding steroid dienone is 3. The van der Waals surface area contributed by atoms with Gasteiger partial charge in [0.15, 0.2) is 0 Å². The fourth-order valence-electron chi connectivity index (χ4n) is 3.96. The molecule has 0 saturated heterocycles. The lowest BCUT2D eigenvalue weighted by molar-refractivity contribution is -0.114. The summed E-state index contributed by atoms with van der Waals surface area (Å²) in [6.45, 7) is 9.11. The van der Waals surface area contributed by atoms with Gasteiger partial charge in [0, 0.05) is 17.6 Å². The molecule has 0 fully saturated rings. The fourth-order valence-corrected chi connectivity index (χ4v) is 3.96. The van der Waals surface area contributed by atoms with Gasteiger partial charge in [-0.05, 0) is 58.1 Å². The molecular formula is C22H25NO2. The Morgan fingerprint density at radius 1 is 1.04 bits per heavy atom. The van der Waals surface area contributed by atoms with E-state index in [1.54, 1.807) is 12.2 Å². The summed E-state index contributed by atoms with van der Waals surface area (Å²) >= 11 is 0. The lowest BCUT2D eigenvalue weighted by Crippen LogP contribution is -2.33. The zero-order chi connectivity index (χ0) is 18.4. The van der Waals surface area contributed by atoms with Crippen LogP contribution in [0.1, 0.15) is 63.6 Å². The van der Waals surface area contributed by atoms with Gasteiger partial charge in [0.05, 0.1) is 0 Å². The van der Waals surface area contributed by atoms with E-state index in [-0.39, 0.29) is 10.8 Å². The molecule has 0 radical (unpaired) electrons. The van der Waals surface area contributed by atoms with Crippen LogP contribution in [0.5, 0.6) is 0 Å². The first kappa shape index (κ1) is 17.4. The Bertz CT molecular complexity index is 862. The van der Waals surface area contributed by atoms with Gasteiger partial charge in [-0.3, -0.25) is 4.79 Å². The summed E-state index contributed by atoms with van der Waals surface area (Å²) in [5.74, 6) is 1.48. The Balaban J connectivity index is 2.20. The molecule has 0 unspecified atom stereocenters. The van der Waals surface area contributed by atoms with Gasteiger partial charge in [-0.1, -0.05) is 45.9 Å². The highest BCUT2D eigenvalue weighted by molar-refractivity contribution is 6.04. The minimum atomic E-state index is -0.464. The summed E-state index contributed by atoms with van der Waals surface area (Å²) < 4.78 is 0. The van der Waals surface area contributed by atoms with Crippen molar-refractivity contribution in [1.29, 1.82) is 0 Å². The second-order valence-electron chi connectivity index (χ2n) is 8.42.